The van der Waals surface area contributed by atoms with E-state index in [1.54, 1.807) is 6.20 Å². The maximum absolute atomic E-state index is 13.0. The minimum Gasteiger partial charge on any atom is -0.378 e. The van der Waals surface area contributed by atoms with Crippen molar-refractivity contribution in [2.45, 2.75) is 37.8 Å². The summed E-state index contributed by atoms with van der Waals surface area (Å²) < 4.78 is 5.93. The van der Waals surface area contributed by atoms with Crippen molar-refractivity contribution < 1.29 is 9.53 Å². The number of piperidine rings is 1. The van der Waals surface area contributed by atoms with Gasteiger partial charge in [0.25, 0.3) is 5.91 Å². The van der Waals surface area contributed by atoms with E-state index < -0.39 is 0 Å². The third kappa shape index (κ3) is 2.89. The van der Waals surface area contributed by atoms with E-state index in [9.17, 15) is 4.79 Å². The summed E-state index contributed by atoms with van der Waals surface area (Å²) in [5.41, 5.74) is 7.26. The lowest BCUT2D eigenvalue weighted by atomic mass is 9.87. The van der Waals surface area contributed by atoms with Gasteiger partial charge in [-0.2, -0.15) is 0 Å². The van der Waals surface area contributed by atoms with Crippen molar-refractivity contribution in [3.63, 3.8) is 0 Å². The van der Waals surface area contributed by atoms with Crippen LogP contribution in [-0.4, -0.2) is 57.6 Å². The number of likely N-dealkylation sites (tertiary alicyclic amines) is 1. The highest BCUT2D eigenvalue weighted by Crippen LogP contribution is 2.28. The summed E-state index contributed by atoms with van der Waals surface area (Å²) in [6.45, 7) is 2.21. The summed E-state index contributed by atoms with van der Waals surface area (Å²) in [5, 5.41) is 0.778. The molecular formula is C17H23N5O2. The fraction of sp³-hybridized carbons (Fsp3) is 0.588. The third-order valence-electron chi connectivity index (χ3n) is 5.18. The predicted octanol–water partition coefficient (Wildman–Crippen LogP) is 1.32. The van der Waals surface area contributed by atoms with E-state index >= 15 is 0 Å². The molecule has 3 N–H and O–H groups in total. The Labute approximate surface area is 140 Å². The molecule has 0 saturated carbocycles. The number of nitrogens with two attached hydrogens (primary N) is 1. The molecule has 3 atom stereocenters. The Balaban J connectivity index is 1.51. The molecule has 4 rings (SSSR count). The highest BCUT2D eigenvalue weighted by molar-refractivity contribution is 6.03. The Hall–Kier alpha value is -1.99. The lowest BCUT2D eigenvalue weighted by Gasteiger charge is -2.39. The number of fused-ring (bicyclic) bond motifs is 1. The topological polar surface area (TPSA) is 97.1 Å². The molecular weight excluding hydrogens is 306 g/mol. The maximum atomic E-state index is 13.0. The zero-order chi connectivity index (χ0) is 16.5. The van der Waals surface area contributed by atoms with Crippen molar-refractivity contribution in [2.24, 2.45) is 11.7 Å². The second-order valence-electron chi connectivity index (χ2n) is 6.81. The van der Waals surface area contributed by atoms with Gasteiger partial charge in [-0.25, -0.2) is 9.97 Å². The number of H-pyrrole nitrogens is 1. The smallest absolute Gasteiger partial charge is 0.273 e. The molecule has 2 saturated heterocycles. The molecule has 4 heterocycles. The van der Waals surface area contributed by atoms with E-state index in [2.05, 4.69) is 15.0 Å². The van der Waals surface area contributed by atoms with Crippen molar-refractivity contribution in [1.29, 1.82) is 0 Å². The van der Waals surface area contributed by atoms with Gasteiger partial charge in [-0.1, -0.05) is 0 Å². The standard InChI is InChI=1S/C17H23N5O2/c18-12-4-7-24-14(8-12)11-2-1-6-22(9-11)17(23)15-13-3-5-19-16(13)21-10-20-15/h3,5,10-12,14H,1-2,4,6-9,18H2,(H,19,20,21). The van der Waals surface area contributed by atoms with Crippen LogP contribution >= 0.6 is 0 Å². The summed E-state index contributed by atoms with van der Waals surface area (Å²) in [6, 6.07) is 2.07. The number of amides is 1. The van der Waals surface area contributed by atoms with E-state index in [1.807, 2.05) is 11.0 Å². The molecule has 0 aromatic carbocycles. The molecule has 0 radical (unpaired) electrons. The number of nitrogens with one attached hydrogen (secondary N) is 1. The average Bonchev–Trinajstić information content (AvgIpc) is 3.10. The first-order valence-electron chi connectivity index (χ1n) is 8.67. The molecule has 0 aliphatic carbocycles. The number of hydrogen-bond acceptors (Lipinski definition) is 5. The van der Waals surface area contributed by atoms with E-state index in [0.29, 0.717) is 23.8 Å². The van der Waals surface area contributed by atoms with Crippen LogP contribution in [0.25, 0.3) is 11.0 Å². The second-order valence-corrected chi connectivity index (χ2v) is 6.81. The molecule has 2 fully saturated rings. The van der Waals surface area contributed by atoms with E-state index in [0.717, 1.165) is 44.2 Å². The molecule has 7 nitrogen and oxygen atoms in total. The first-order chi connectivity index (χ1) is 11.7. The van der Waals surface area contributed by atoms with Crippen LogP contribution in [0.3, 0.4) is 0 Å². The quantitative estimate of drug-likeness (QED) is 0.866. The molecule has 0 spiro atoms. The van der Waals surface area contributed by atoms with Gasteiger partial charge in [0.1, 0.15) is 17.7 Å². The Kier molecular flexibility index (Phi) is 4.20. The molecule has 1 amide bonds. The summed E-state index contributed by atoms with van der Waals surface area (Å²) in [6.07, 6.45) is 7.29. The second kappa shape index (κ2) is 6.49. The zero-order valence-corrected chi connectivity index (χ0v) is 13.6. The van der Waals surface area contributed by atoms with Gasteiger partial charge in [-0.3, -0.25) is 4.79 Å². The van der Waals surface area contributed by atoms with E-state index in [-0.39, 0.29) is 18.1 Å². The van der Waals surface area contributed by atoms with Crippen LogP contribution in [0.5, 0.6) is 0 Å². The molecule has 7 heteroatoms. The largest absolute Gasteiger partial charge is 0.378 e. The molecule has 2 aromatic rings. The van der Waals surface area contributed by atoms with Crippen molar-refractivity contribution >= 4 is 16.9 Å². The average molecular weight is 329 g/mol. The van der Waals surface area contributed by atoms with Gasteiger partial charge in [-0.15, -0.1) is 0 Å². The van der Waals surface area contributed by atoms with E-state index in [4.69, 9.17) is 10.5 Å². The molecule has 2 aromatic heterocycles. The first kappa shape index (κ1) is 15.5. The molecule has 0 bridgehead atoms. The number of carbonyl (C=O) groups is 1. The van der Waals surface area contributed by atoms with Gasteiger partial charge in [0, 0.05) is 37.9 Å². The molecule has 128 valence electrons. The van der Waals surface area contributed by atoms with Crippen molar-refractivity contribution in [2.75, 3.05) is 19.7 Å². The third-order valence-corrected chi connectivity index (χ3v) is 5.18. The van der Waals surface area contributed by atoms with Gasteiger partial charge < -0.3 is 20.4 Å². The van der Waals surface area contributed by atoms with Gasteiger partial charge >= 0.3 is 0 Å². The number of ether oxygens (including phenoxy) is 1. The summed E-state index contributed by atoms with van der Waals surface area (Å²) in [5.74, 6) is 0.337. The van der Waals surface area contributed by atoms with E-state index in [1.165, 1.54) is 6.33 Å². The maximum Gasteiger partial charge on any atom is 0.273 e. The lowest BCUT2D eigenvalue weighted by molar-refractivity contribution is -0.0440. The predicted molar refractivity (Wildman–Crippen MR) is 89.5 cm³/mol. The fourth-order valence-electron chi connectivity index (χ4n) is 3.87. The molecule has 3 unspecified atom stereocenters. The summed E-state index contributed by atoms with van der Waals surface area (Å²) in [4.78, 5) is 26.3. The van der Waals surface area contributed by atoms with Crippen molar-refractivity contribution in [3.8, 4) is 0 Å². The summed E-state index contributed by atoms with van der Waals surface area (Å²) >= 11 is 0. The Morgan fingerprint density at radius 1 is 1.38 bits per heavy atom. The Morgan fingerprint density at radius 3 is 3.17 bits per heavy atom. The molecule has 2 aliphatic rings. The van der Waals surface area contributed by atoms with Crippen LogP contribution in [0.2, 0.25) is 0 Å². The lowest BCUT2D eigenvalue weighted by Crippen LogP contribution is -2.47. The molecule has 2 aliphatic heterocycles. The number of hydrogen-bond donors (Lipinski definition) is 2. The minimum atomic E-state index is -0.0215. The zero-order valence-electron chi connectivity index (χ0n) is 13.6. The van der Waals surface area contributed by atoms with Crippen LogP contribution < -0.4 is 5.73 Å². The number of aromatic nitrogens is 3. The van der Waals surface area contributed by atoms with Crippen LogP contribution in [-0.2, 0) is 4.74 Å². The Bertz CT molecular complexity index is 731. The van der Waals surface area contributed by atoms with Crippen LogP contribution in [0.1, 0.15) is 36.2 Å². The van der Waals surface area contributed by atoms with Gasteiger partial charge in [0.15, 0.2) is 0 Å². The van der Waals surface area contributed by atoms with Crippen LogP contribution in [0.4, 0.5) is 0 Å². The van der Waals surface area contributed by atoms with Crippen molar-refractivity contribution in [3.05, 3.63) is 24.3 Å². The highest BCUT2D eigenvalue weighted by atomic mass is 16.5. The summed E-state index contributed by atoms with van der Waals surface area (Å²) in [7, 11) is 0. The number of aromatic amines is 1. The van der Waals surface area contributed by atoms with Crippen LogP contribution in [0, 0.1) is 5.92 Å². The van der Waals surface area contributed by atoms with Crippen LogP contribution in [0.15, 0.2) is 18.6 Å². The normalized spacial score (nSPS) is 28.2. The number of rotatable bonds is 2. The Morgan fingerprint density at radius 2 is 2.29 bits per heavy atom. The highest BCUT2D eigenvalue weighted by Gasteiger charge is 2.33. The first-order valence-corrected chi connectivity index (χ1v) is 8.67. The minimum absolute atomic E-state index is 0.0215. The van der Waals surface area contributed by atoms with Gasteiger partial charge in [-0.05, 0) is 31.7 Å². The van der Waals surface area contributed by atoms with Crippen molar-refractivity contribution in [1.82, 2.24) is 19.9 Å². The molecule has 24 heavy (non-hydrogen) atoms. The number of nitrogens with zero attached hydrogens (tertiary/aromatic N) is 3. The SMILES string of the molecule is NC1CCOC(C2CCCN(C(=O)c3ncnc4[nH]ccc34)C2)C1. The van der Waals surface area contributed by atoms with Gasteiger partial charge in [0.05, 0.1) is 11.5 Å². The fourth-order valence-corrected chi connectivity index (χ4v) is 3.87. The van der Waals surface area contributed by atoms with Gasteiger partial charge in [0.2, 0.25) is 0 Å². The monoisotopic (exact) mass is 329 g/mol. The number of carbonyl (C=O) groups excluding carboxylic acids is 1.